The standard InChI is InChI=1S/C27H36O3/c1-8-27(24(28)29,30-25(3,4)5)23-18(2)17-20-11-9-10-12-21(20)22(23)19-13-15-26(6,7)16-14-19/h9-13,17H,8,14-16H2,1-7H3,(H,28,29). The van der Waals surface area contributed by atoms with E-state index in [1.165, 1.54) is 5.57 Å². The fourth-order valence-corrected chi connectivity index (χ4v) is 4.77. The van der Waals surface area contributed by atoms with Gasteiger partial charge in [-0.25, -0.2) is 4.79 Å². The highest BCUT2D eigenvalue weighted by Gasteiger charge is 2.46. The van der Waals surface area contributed by atoms with Gasteiger partial charge in [0.1, 0.15) is 0 Å². The molecule has 162 valence electrons. The molecule has 30 heavy (non-hydrogen) atoms. The second-order valence-corrected chi connectivity index (χ2v) is 10.5. The summed E-state index contributed by atoms with van der Waals surface area (Å²) in [7, 11) is 0. The van der Waals surface area contributed by atoms with Crippen LogP contribution in [-0.4, -0.2) is 16.7 Å². The van der Waals surface area contributed by atoms with E-state index in [1.54, 1.807) is 0 Å². The zero-order valence-electron chi connectivity index (χ0n) is 19.6. The molecule has 1 aliphatic carbocycles. The first-order valence-corrected chi connectivity index (χ1v) is 11.1. The molecule has 0 fully saturated rings. The highest BCUT2D eigenvalue weighted by atomic mass is 16.5. The van der Waals surface area contributed by atoms with Crippen molar-refractivity contribution in [2.24, 2.45) is 5.41 Å². The lowest BCUT2D eigenvalue weighted by molar-refractivity contribution is -0.188. The number of allylic oxidation sites excluding steroid dienone is 2. The highest BCUT2D eigenvalue weighted by Crippen LogP contribution is 2.47. The van der Waals surface area contributed by atoms with Crippen molar-refractivity contribution < 1.29 is 14.6 Å². The first kappa shape index (κ1) is 22.6. The van der Waals surface area contributed by atoms with Crippen molar-refractivity contribution in [3.8, 4) is 0 Å². The molecule has 1 atom stereocenters. The van der Waals surface area contributed by atoms with Crippen LogP contribution in [0, 0.1) is 12.3 Å². The van der Waals surface area contributed by atoms with E-state index in [1.807, 2.05) is 46.8 Å². The second-order valence-electron chi connectivity index (χ2n) is 10.5. The first-order valence-electron chi connectivity index (χ1n) is 11.1. The normalized spacial score (nSPS) is 18.7. The summed E-state index contributed by atoms with van der Waals surface area (Å²) in [4.78, 5) is 12.8. The van der Waals surface area contributed by atoms with Crippen LogP contribution in [0.3, 0.4) is 0 Å². The third-order valence-corrected chi connectivity index (χ3v) is 6.27. The van der Waals surface area contributed by atoms with Gasteiger partial charge in [0.25, 0.3) is 0 Å². The number of ether oxygens (including phenoxy) is 1. The molecule has 3 rings (SSSR count). The molecule has 1 unspecified atom stereocenters. The van der Waals surface area contributed by atoms with E-state index < -0.39 is 17.2 Å². The Hall–Kier alpha value is -2.13. The maximum Gasteiger partial charge on any atom is 0.340 e. The van der Waals surface area contributed by atoms with Gasteiger partial charge in [0.2, 0.25) is 0 Å². The number of hydrogen-bond donors (Lipinski definition) is 1. The number of hydrogen-bond acceptors (Lipinski definition) is 2. The Bertz CT molecular complexity index is 991. The molecule has 3 heteroatoms. The molecule has 0 bridgehead atoms. The molecule has 0 aliphatic heterocycles. The van der Waals surface area contributed by atoms with E-state index in [2.05, 4.69) is 38.1 Å². The number of carboxylic acids is 1. The summed E-state index contributed by atoms with van der Waals surface area (Å²) in [5, 5.41) is 12.8. The van der Waals surface area contributed by atoms with Crippen molar-refractivity contribution in [2.45, 2.75) is 85.4 Å². The van der Waals surface area contributed by atoms with Crippen molar-refractivity contribution in [2.75, 3.05) is 0 Å². The van der Waals surface area contributed by atoms with Crippen LogP contribution in [0.15, 0.2) is 36.4 Å². The van der Waals surface area contributed by atoms with Crippen LogP contribution >= 0.6 is 0 Å². The van der Waals surface area contributed by atoms with Crippen molar-refractivity contribution in [3.63, 3.8) is 0 Å². The predicted molar refractivity (Wildman–Crippen MR) is 125 cm³/mol. The molecule has 0 heterocycles. The van der Waals surface area contributed by atoms with E-state index in [4.69, 9.17) is 4.74 Å². The van der Waals surface area contributed by atoms with Gasteiger partial charge in [-0.15, -0.1) is 0 Å². The first-order chi connectivity index (χ1) is 13.9. The molecular formula is C27H36O3. The molecule has 0 saturated heterocycles. The molecule has 3 nitrogen and oxygen atoms in total. The summed E-state index contributed by atoms with van der Waals surface area (Å²) in [6, 6.07) is 10.4. The molecule has 2 aromatic rings. The van der Waals surface area contributed by atoms with Gasteiger partial charge in [0.05, 0.1) is 5.60 Å². The number of aryl methyl sites for hydroxylation is 1. The number of carboxylic acid groups (broad SMARTS) is 1. The Labute approximate surface area is 181 Å². The van der Waals surface area contributed by atoms with Gasteiger partial charge in [-0.3, -0.25) is 0 Å². The molecular weight excluding hydrogens is 372 g/mol. The lowest BCUT2D eigenvalue weighted by atomic mass is 9.73. The summed E-state index contributed by atoms with van der Waals surface area (Å²) in [5.41, 5.74) is 2.40. The van der Waals surface area contributed by atoms with Crippen molar-refractivity contribution in [3.05, 3.63) is 53.1 Å². The molecule has 1 aliphatic rings. The average molecular weight is 409 g/mol. The van der Waals surface area contributed by atoms with Crippen LogP contribution in [0.5, 0.6) is 0 Å². The lowest BCUT2D eigenvalue weighted by Gasteiger charge is -2.39. The summed E-state index contributed by atoms with van der Waals surface area (Å²) >= 11 is 0. The SMILES string of the molecule is CCC(OC(C)(C)C)(C(=O)O)c1c(C)cc2ccccc2c1C1=CCC(C)(C)CC1. The smallest absolute Gasteiger partial charge is 0.340 e. The third-order valence-electron chi connectivity index (χ3n) is 6.27. The van der Waals surface area contributed by atoms with Gasteiger partial charge in [-0.1, -0.05) is 57.2 Å². The largest absolute Gasteiger partial charge is 0.479 e. The number of aliphatic carboxylic acids is 1. The zero-order chi connectivity index (χ0) is 22.3. The minimum atomic E-state index is -1.39. The maximum absolute atomic E-state index is 12.8. The maximum atomic E-state index is 12.8. The van der Waals surface area contributed by atoms with E-state index in [9.17, 15) is 9.90 Å². The Kier molecular flexibility index (Phi) is 5.90. The lowest BCUT2D eigenvalue weighted by Crippen LogP contribution is -2.45. The molecule has 0 aromatic heterocycles. The van der Waals surface area contributed by atoms with Gasteiger partial charge < -0.3 is 9.84 Å². The second kappa shape index (κ2) is 7.85. The van der Waals surface area contributed by atoms with E-state index >= 15 is 0 Å². The fourth-order valence-electron chi connectivity index (χ4n) is 4.77. The summed E-state index contributed by atoms with van der Waals surface area (Å²) in [5.74, 6) is -0.920. The number of benzene rings is 2. The van der Waals surface area contributed by atoms with E-state index in [0.29, 0.717) is 6.42 Å². The summed E-state index contributed by atoms with van der Waals surface area (Å²) < 4.78 is 6.40. The molecule has 0 spiro atoms. The minimum absolute atomic E-state index is 0.278. The van der Waals surface area contributed by atoms with Crippen LogP contribution in [0.1, 0.15) is 83.9 Å². The van der Waals surface area contributed by atoms with E-state index in [-0.39, 0.29) is 5.41 Å². The monoisotopic (exact) mass is 408 g/mol. The Morgan fingerprint density at radius 2 is 1.87 bits per heavy atom. The van der Waals surface area contributed by atoms with Crippen LogP contribution < -0.4 is 0 Å². The molecule has 2 aromatic carbocycles. The highest BCUT2D eigenvalue weighted by molar-refractivity contribution is 5.98. The fraction of sp³-hybridized carbons (Fsp3) is 0.519. The Balaban J connectivity index is 2.40. The average Bonchev–Trinajstić information content (AvgIpc) is 2.64. The Morgan fingerprint density at radius 3 is 2.40 bits per heavy atom. The van der Waals surface area contributed by atoms with Crippen molar-refractivity contribution >= 4 is 22.3 Å². The quantitative estimate of drug-likeness (QED) is 0.567. The Morgan fingerprint density at radius 1 is 1.20 bits per heavy atom. The summed E-state index contributed by atoms with van der Waals surface area (Å²) in [6.07, 6.45) is 5.73. The zero-order valence-corrected chi connectivity index (χ0v) is 19.6. The predicted octanol–water partition coefficient (Wildman–Crippen LogP) is 7.25. The molecule has 0 saturated carbocycles. The number of rotatable bonds is 5. The van der Waals surface area contributed by atoms with Gasteiger partial charge >= 0.3 is 5.97 Å². The van der Waals surface area contributed by atoms with Crippen LogP contribution in [-0.2, 0) is 15.1 Å². The summed E-state index contributed by atoms with van der Waals surface area (Å²) in [6.45, 7) is 14.3. The van der Waals surface area contributed by atoms with Gasteiger partial charge in [0, 0.05) is 5.56 Å². The molecule has 0 amide bonds. The van der Waals surface area contributed by atoms with E-state index in [0.717, 1.165) is 46.7 Å². The van der Waals surface area contributed by atoms with Gasteiger partial charge in [-0.2, -0.15) is 0 Å². The number of carbonyl (C=O) groups is 1. The van der Waals surface area contributed by atoms with Gasteiger partial charge in [0.15, 0.2) is 5.60 Å². The minimum Gasteiger partial charge on any atom is -0.479 e. The van der Waals surface area contributed by atoms with Gasteiger partial charge in [-0.05, 0) is 86.3 Å². The topological polar surface area (TPSA) is 46.5 Å². The molecule has 0 radical (unpaired) electrons. The van der Waals surface area contributed by atoms with Crippen molar-refractivity contribution in [1.29, 1.82) is 0 Å². The number of fused-ring (bicyclic) bond motifs is 1. The van der Waals surface area contributed by atoms with Crippen LogP contribution in [0.2, 0.25) is 0 Å². The van der Waals surface area contributed by atoms with Crippen LogP contribution in [0.25, 0.3) is 16.3 Å². The van der Waals surface area contributed by atoms with Crippen molar-refractivity contribution in [1.82, 2.24) is 0 Å². The van der Waals surface area contributed by atoms with Crippen LogP contribution in [0.4, 0.5) is 0 Å². The molecule has 1 N–H and O–H groups in total. The third kappa shape index (κ3) is 4.18.